The molecule has 4 saturated heterocycles. The van der Waals surface area contributed by atoms with Crippen molar-refractivity contribution in [3.8, 4) is 0 Å². The summed E-state index contributed by atoms with van der Waals surface area (Å²) in [5, 5.41) is 11.7. The molecule has 2 saturated carbocycles. The molecule has 2 aliphatic carbocycles. The Kier molecular flexibility index (Phi) is 14.1. The number of benzene rings is 4. The van der Waals surface area contributed by atoms with Crippen LogP contribution in [-0.2, 0) is 10.8 Å². The van der Waals surface area contributed by atoms with Gasteiger partial charge in [0.25, 0.3) is 0 Å². The topological polar surface area (TPSA) is 91.2 Å². The van der Waals surface area contributed by atoms with E-state index >= 15 is 0 Å². The van der Waals surface area contributed by atoms with E-state index in [2.05, 4.69) is 142 Å². The number of hydrogen-bond acceptors (Lipinski definition) is 11. The fourth-order valence-electron chi connectivity index (χ4n) is 11.4. The third-order valence-electron chi connectivity index (χ3n) is 17.0. The van der Waals surface area contributed by atoms with Crippen LogP contribution < -0.4 is 29.4 Å². The van der Waals surface area contributed by atoms with Crippen LogP contribution in [0.15, 0.2) is 84.9 Å². The average molecular weight is 957 g/mol. The first-order valence-electron chi connectivity index (χ1n) is 27.0. The second-order valence-electron chi connectivity index (χ2n) is 22.2. The fourth-order valence-corrected chi connectivity index (χ4v) is 11.4. The summed E-state index contributed by atoms with van der Waals surface area (Å²) in [5.41, 5.74) is 10.8. The lowest BCUT2D eigenvalue weighted by molar-refractivity contribution is 0.304. The van der Waals surface area contributed by atoms with Crippen LogP contribution in [0.5, 0.6) is 0 Å². The van der Waals surface area contributed by atoms with Gasteiger partial charge in [-0.05, 0) is 142 Å². The number of fused-ring (bicyclic) bond motifs is 2. The molecule has 11 heteroatoms. The van der Waals surface area contributed by atoms with Crippen LogP contribution in [0.4, 0.5) is 34.4 Å². The highest BCUT2D eigenvalue weighted by atomic mass is 16.3. The van der Waals surface area contributed by atoms with E-state index in [0.29, 0.717) is 18.4 Å². The summed E-state index contributed by atoms with van der Waals surface area (Å²) >= 11 is 0. The molecule has 2 aromatic heterocycles. The average Bonchev–Trinajstić information content (AvgIpc) is 4.30. The molecule has 4 aliphatic heterocycles. The predicted octanol–water partition coefficient (Wildman–Crippen LogP) is 11.5. The van der Waals surface area contributed by atoms with Crippen molar-refractivity contribution in [1.82, 2.24) is 19.9 Å². The van der Waals surface area contributed by atoms with Gasteiger partial charge in [-0.3, -0.25) is 0 Å². The maximum Gasteiger partial charge on any atom is 0.140 e. The number of aromatic nitrogens is 4. The van der Waals surface area contributed by atoms with Gasteiger partial charge < -0.3 is 34.5 Å². The van der Waals surface area contributed by atoms with Crippen LogP contribution >= 0.6 is 0 Å². The van der Waals surface area contributed by atoms with Gasteiger partial charge in [0.05, 0.1) is 17.6 Å². The molecule has 376 valence electrons. The van der Waals surface area contributed by atoms with Gasteiger partial charge in [0.2, 0.25) is 0 Å². The molecule has 12 rings (SSSR count). The van der Waals surface area contributed by atoms with Crippen molar-refractivity contribution in [2.24, 2.45) is 0 Å². The molecule has 71 heavy (non-hydrogen) atoms. The van der Waals surface area contributed by atoms with Crippen LogP contribution in [0.2, 0.25) is 0 Å². The largest absolute Gasteiger partial charge is 0.395 e. The van der Waals surface area contributed by atoms with Gasteiger partial charge in [0.1, 0.15) is 23.3 Å². The molecule has 1 N–H and O–H groups in total. The Morgan fingerprint density at radius 3 is 1.31 bits per heavy atom. The number of anilines is 6. The van der Waals surface area contributed by atoms with Crippen molar-refractivity contribution in [1.29, 1.82) is 0 Å². The third-order valence-corrected chi connectivity index (χ3v) is 17.0. The van der Waals surface area contributed by atoms with Crippen molar-refractivity contribution in [2.45, 2.75) is 121 Å². The number of aliphatic hydroxyl groups is 1. The van der Waals surface area contributed by atoms with Gasteiger partial charge in [-0.15, -0.1) is 0 Å². The lowest BCUT2D eigenvalue weighted by Crippen LogP contribution is -2.39. The van der Waals surface area contributed by atoms with Gasteiger partial charge in [-0.2, -0.15) is 0 Å². The lowest BCUT2D eigenvalue weighted by atomic mass is 9.87. The van der Waals surface area contributed by atoms with Crippen LogP contribution in [-0.4, -0.2) is 111 Å². The monoisotopic (exact) mass is 957 g/mol. The summed E-state index contributed by atoms with van der Waals surface area (Å²) in [7, 11) is 4.21. The molecular formula is C60H80N10O. The summed E-state index contributed by atoms with van der Waals surface area (Å²) in [6.45, 7) is 17.6. The second-order valence-corrected chi connectivity index (χ2v) is 22.2. The van der Waals surface area contributed by atoms with E-state index in [1.54, 1.807) is 5.56 Å². The van der Waals surface area contributed by atoms with E-state index in [1.165, 1.54) is 106 Å². The molecule has 11 nitrogen and oxygen atoms in total. The zero-order valence-corrected chi connectivity index (χ0v) is 42.7. The zero-order valence-electron chi connectivity index (χ0n) is 42.7. The normalized spacial score (nSPS) is 19.4. The lowest BCUT2D eigenvalue weighted by Gasteiger charge is -2.39. The van der Waals surface area contributed by atoms with Crippen LogP contribution in [0, 0.1) is 0 Å². The molecule has 6 aromatic rings. The minimum Gasteiger partial charge on any atom is -0.395 e. The smallest absolute Gasteiger partial charge is 0.140 e. The van der Waals surface area contributed by atoms with Gasteiger partial charge >= 0.3 is 0 Å². The number of likely N-dealkylation sites (N-methyl/N-ethyl adjacent to an activating group) is 1. The van der Waals surface area contributed by atoms with Crippen molar-refractivity contribution in [2.75, 3.05) is 116 Å². The molecule has 4 aromatic carbocycles. The molecule has 0 atom stereocenters. The van der Waals surface area contributed by atoms with E-state index in [0.717, 1.165) is 97.4 Å². The first-order valence-corrected chi connectivity index (χ1v) is 27.0. The van der Waals surface area contributed by atoms with Crippen LogP contribution in [0.25, 0.3) is 21.8 Å². The van der Waals surface area contributed by atoms with Crippen molar-refractivity contribution < 1.29 is 5.11 Å². The Balaban J connectivity index is 0.000000162. The first kappa shape index (κ1) is 48.9. The highest BCUT2D eigenvalue weighted by Gasteiger charge is 2.44. The quantitative estimate of drug-likeness (QED) is 0.113. The Morgan fingerprint density at radius 1 is 0.535 bits per heavy atom. The molecule has 6 aliphatic rings. The Labute approximate surface area is 424 Å². The van der Waals surface area contributed by atoms with Gasteiger partial charge in [-0.1, -0.05) is 64.6 Å². The minimum atomic E-state index is 0. The van der Waals surface area contributed by atoms with E-state index in [1.807, 2.05) is 7.05 Å². The molecule has 6 heterocycles. The summed E-state index contributed by atoms with van der Waals surface area (Å²) in [6, 6.07) is 31.4. The number of hydrogen-bond donors (Lipinski definition) is 1. The van der Waals surface area contributed by atoms with Crippen LogP contribution in [0.1, 0.15) is 133 Å². The Hall–Kier alpha value is -5.68. The Bertz CT molecular complexity index is 2610. The maximum absolute atomic E-state index is 9.42. The number of rotatable bonds is 14. The SMILES string of the molecule is C.CCCN(C)c1ccc2nc(C3(C)CC3)nc(N3CCC(c4ccccc4N4CCC4)CC3)c2c1.CN(CCO)c1ccc2nc(C3(C)CC3)nc(N3CCC(c4ccccc4N4CCC4)CC3)c2c1. The molecule has 0 amide bonds. The third kappa shape index (κ3) is 9.97. The Morgan fingerprint density at radius 2 is 0.944 bits per heavy atom. The van der Waals surface area contributed by atoms with E-state index in [9.17, 15) is 5.11 Å². The van der Waals surface area contributed by atoms with E-state index < -0.39 is 0 Å². The number of para-hydroxylation sites is 2. The second kappa shape index (κ2) is 20.4. The fraction of sp³-hybridized carbons (Fsp3) is 0.533. The van der Waals surface area contributed by atoms with Crippen LogP contribution in [0.3, 0.4) is 0 Å². The molecule has 0 bridgehead atoms. The standard InChI is InChI=1S/C30H39N5.C29H37N5O.CH4/c1-4-16-33(3)23-10-11-26-25(21-23)28(32-29(31-26)30(2)14-15-30)35-19-12-22(13-20-35)24-8-5-6-9-27(24)34-17-7-18-34;1-29(12-13-29)28-30-25-9-8-22(32(2)18-19-35)20-24(25)27(31-28)34-16-10-21(11-17-34)23-6-3-4-7-26(23)33-14-5-15-33;/h5-6,8-11,21-22H,4,7,12-20H2,1-3H3;3-4,6-9,20-21,35H,5,10-19H2,1-2H3;1H4. The van der Waals surface area contributed by atoms with Gasteiger partial charge in [-0.25, -0.2) is 19.9 Å². The summed E-state index contributed by atoms with van der Waals surface area (Å²) in [6.07, 6.45) is 13.2. The number of piperidine rings is 2. The summed E-state index contributed by atoms with van der Waals surface area (Å²) in [4.78, 5) is 35.1. The molecule has 0 unspecified atom stereocenters. The highest BCUT2D eigenvalue weighted by Crippen LogP contribution is 2.49. The summed E-state index contributed by atoms with van der Waals surface area (Å²) in [5.74, 6) is 5.51. The maximum atomic E-state index is 9.42. The van der Waals surface area contributed by atoms with Crippen molar-refractivity contribution >= 4 is 56.2 Å². The van der Waals surface area contributed by atoms with E-state index in [-0.39, 0.29) is 24.9 Å². The predicted molar refractivity (Wildman–Crippen MR) is 298 cm³/mol. The number of nitrogens with zero attached hydrogens (tertiary/aromatic N) is 10. The molecular weight excluding hydrogens is 877 g/mol. The van der Waals surface area contributed by atoms with Gasteiger partial charge in [0, 0.05) is 124 Å². The van der Waals surface area contributed by atoms with Crippen molar-refractivity contribution in [3.63, 3.8) is 0 Å². The molecule has 0 radical (unpaired) electrons. The minimum absolute atomic E-state index is 0. The molecule has 0 spiro atoms. The van der Waals surface area contributed by atoms with E-state index in [4.69, 9.17) is 19.9 Å². The highest BCUT2D eigenvalue weighted by molar-refractivity contribution is 5.93. The first-order chi connectivity index (χ1) is 34.1. The van der Waals surface area contributed by atoms with Crippen molar-refractivity contribution in [3.05, 3.63) is 108 Å². The van der Waals surface area contributed by atoms with Gasteiger partial charge in [0.15, 0.2) is 0 Å². The molecule has 6 fully saturated rings. The number of aliphatic hydroxyl groups excluding tert-OH is 1. The zero-order chi connectivity index (χ0) is 48.0. The summed E-state index contributed by atoms with van der Waals surface area (Å²) < 4.78 is 0.